The Balaban J connectivity index is 1.52. The van der Waals surface area contributed by atoms with E-state index in [9.17, 15) is 14.4 Å². The maximum atomic E-state index is 13.3. The summed E-state index contributed by atoms with van der Waals surface area (Å²) in [5, 5.41) is 5.70. The molecule has 7 nitrogen and oxygen atoms in total. The molecule has 0 aliphatic carbocycles. The van der Waals surface area contributed by atoms with Gasteiger partial charge in [-0.15, -0.1) is 0 Å². The summed E-state index contributed by atoms with van der Waals surface area (Å²) < 4.78 is 6.15. The van der Waals surface area contributed by atoms with Crippen molar-refractivity contribution in [2.45, 2.75) is 38.9 Å². The zero-order chi connectivity index (χ0) is 20.8. The maximum Gasteiger partial charge on any atom is 0.234 e. The van der Waals surface area contributed by atoms with Gasteiger partial charge in [-0.2, -0.15) is 0 Å². The van der Waals surface area contributed by atoms with Crippen molar-refractivity contribution in [2.75, 3.05) is 23.3 Å². The van der Waals surface area contributed by atoms with Gasteiger partial charge >= 0.3 is 0 Å². The summed E-state index contributed by atoms with van der Waals surface area (Å²) in [4.78, 5) is 39.0. The number of amides is 3. The van der Waals surface area contributed by atoms with Crippen LogP contribution < -0.4 is 15.5 Å². The van der Waals surface area contributed by atoms with Crippen molar-refractivity contribution in [3.8, 4) is 0 Å². The number of ether oxygens (including phenoxy) is 1. The van der Waals surface area contributed by atoms with Crippen LogP contribution in [0.1, 0.15) is 27.2 Å². The minimum Gasteiger partial charge on any atom is -0.360 e. The summed E-state index contributed by atoms with van der Waals surface area (Å²) >= 11 is 0. The molecule has 154 valence electrons. The molecular weight excluding hydrogens is 370 g/mol. The van der Waals surface area contributed by atoms with Crippen LogP contribution in [0.15, 0.2) is 36.4 Å². The van der Waals surface area contributed by atoms with Crippen LogP contribution in [0, 0.1) is 17.8 Å². The molecule has 3 aliphatic heterocycles. The second-order valence-corrected chi connectivity index (χ2v) is 8.53. The van der Waals surface area contributed by atoms with E-state index in [1.165, 1.54) is 6.92 Å². The first kappa shape index (κ1) is 19.6. The van der Waals surface area contributed by atoms with Crippen LogP contribution in [0.5, 0.6) is 0 Å². The number of nitrogens with zero attached hydrogens (tertiary/aromatic N) is 1. The Labute approximate surface area is 170 Å². The van der Waals surface area contributed by atoms with Gasteiger partial charge in [0.05, 0.1) is 24.5 Å². The molecule has 0 aromatic heterocycles. The van der Waals surface area contributed by atoms with Gasteiger partial charge in [0.15, 0.2) is 0 Å². The highest BCUT2D eigenvalue weighted by Gasteiger charge is 2.67. The van der Waals surface area contributed by atoms with Crippen molar-refractivity contribution in [1.29, 1.82) is 0 Å². The third-order valence-electron chi connectivity index (χ3n) is 5.92. The number of hydrogen-bond acceptors (Lipinski definition) is 4. The van der Waals surface area contributed by atoms with E-state index in [4.69, 9.17) is 4.74 Å². The van der Waals surface area contributed by atoms with Crippen LogP contribution >= 0.6 is 0 Å². The summed E-state index contributed by atoms with van der Waals surface area (Å²) in [6.07, 6.45) is 4.42. The molecule has 7 heteroatoms. The Kier molecular flexibility index (Phi) is 4.94. The van der Waals surface area contributed by atoms with Gasteiger partial charge in [-0.25, -0.2) is 0 Å². The summed E-state index contributed by atoms with van der Waals surface area (Å²) in [7, 11) is 0. The normalized spacial score (nSPS) is 29.4. The quantitative estimate of drug-likeness (QED) is 0.720. The lowest BCUT2D eigenvalue weighted by Gasteiger charge is -2.23. The Bertz CT molecular complexity index is 863. The SMILES string of the molecule is CC(=O)Nc1ccc(N2C[C@]34C=C[C@H](O3)[C@H](C(=O)NCCC(C)C)[C@H]4C2=O)cc1. The number of anilines is 2. The summed E-state index contributed by atoms with van der Waals surface area (Å²) in [5.74, 6) is -0.849. The molecule has 0 saturated carbocycles. The lowest BCUT2D eigenvalue weighted by Crippen LogP contribution is -2.44. The predicted molar refractivity (Wildman–Crippen MR) is 109 cm³/mol. The molecule has 0 radical (unpaired) electrons. The van der Waals surface area contributed by atoms with Crippen LogP contribution in [-0.4, -0.2) is 42.5 Å². The van der Waals surface area contributed by atoms with Gasteiger partial charge in [0.2, 0.25) is 17.7 Å². The van der Waals surface area contributed by atoms with Crippen LogP contribution in [0.25, 0.3) is 0 Å². The fraction of sp³-hybridized carbons (Fsp3) is 0.500. The molecule has 1 spiro atoms. The fourth-order valence-corrected chi connectivity index (χ4v) is 4.55. The van der Waals surface area contributed by atoms with E-state index in [0.29, 0.717) is 24.7 Å². The van der Waals surface area contributed by atoms with E-state index in [1.807, 2.05) is 12.2 Å². The molecule has 2 fully saturated rings. The number of hydrogen-bond donors (Lipinski definition) is 2. The number of carbonyl (C=O) groups is 3. The first-order chi connectivity index (χ1) is 13.8. The molecule has 3 aliphatic rings. The number of carbonyl (C=O) groups excluding carboxylic acids is 3. The molecule has 3 heterocycles. The van der Waals surface area contributed by atoms with Crippen LogP contribution in [-0.2, 0) is 19.1 Å². The number of nitrogens with one attached hydrogen (secondary N) is 2. The van der Waals surface area contributed by atoms with Crippen molar-refractivity contribution < 1.29 is 19.1 Å². The highest BCUT2D eigenvalue weighted by atomic mass is 16.5. The van der Waals surface area contributed by atoms with Gasteiger partial charge in [0.1, 0.15) is 5.60 Å². The molecule has 2 bridgehead atoms. The van der Waals surface area contributed by atoms with E-state index >= 15 is 0 Å². The maximum absolute atomic E-state index is 13.3. The Morgan fingerprint density at radius 1 is 1.28 bits per heavy atom. The minimum atomic E-state index is -0.738. The Morgan fingerprint density at radius 2 is 2.00 bits per heavy atom. The van der Waals surface area contributed by atoms with Gasteiger partial charge in [-0.1, -0.05) is 26.0 Å². The van der Waals surface area contributed by atoms with Crippen LogP contribution in [0.2, 0.25) is 0 Å². The molecule has 2 N–H and O–H groups in total. The monoisotopic (exact) mass is 397 g/mol. The van der Waals surface area contributed by atoms with Crippen molar-refractivity contribution >= 4 is 29.1 Å². The second kappa shape index (κ2) is 7.30. The zero-order valence-corrected chi connectivity index (χ0v) is 17.0. The molecule has 4 atom stereocenters. The minimum absolute atomic E-state index is 0.0897. The molecule has 1 aromatic carbocycles. The molecule has 2 saturated heterocycles. The van der Waals surface area contributed by atoms with Crippen molar-refractivity contribution in [3.63, 3.8) is 0 Å². The largest absolute Gasteiger partial charge is 0.360 e. The highest BCUT2D eigenvalue weighted by Crippen LogP contribution is 2.52. The molecular formula is C22H27N3O4. The first-order valence-electron chi connectivity index (χ1n) is 10.1. The third kappa shape index (κ3) is 3.44. The topological polar surface area (TPSA) is 87.7 Å². The molecule has 4 rings (SSSR count). The highest BCUT2D eigenvalue weighted by molar-refractivity contribution is 6.03. The third-order valence-corrected chi connectivity index (χ3v) is 5.92. The van der Waals surface area contributed by atoms with Gasteiger partial charge in [0, 0.05) is 24.8 Å². The number of rotatable bonds is 6. The van der Waals surface area contributed by atoms with Gasteiger partial charge in [0.25, 0.3) is 0 Å². The molecule has 0 unspecified atom stereocenters. The summed E-state index contributed by atoms with van der Waals surface area (Å²) in [6, 6.07) is 7.13. The van der Waals surface area contributed by atoms with Gasteiger partial charge in [-0.3, -0.25) is 14.4 Å². The lowest BCUT2D eigenvalue weighted by atomic mass is 9.77. The van der Waals surface area contributed by atoms with E-state index in [0.717, 1.165) is 12.1 Å². The summed E-state index contributed by atoms with van der Waals surface area (Å²) in [6.45, 7) is 6.66. The fourth-order valence-electron chi connectivity index (χ4n) is 4.55. The number of fused-ring (bicyclic) bond motifs is 1. The summed E-state index contributed by atoms with van der Waals surface area (Å²) in [5.41, 5.74) is 0.663. The zero-order valence-electron chi connectivity index (χ0n) is 17.0. The van der Waals surface area contributed by atoms with Gasteiger partial charge in [-0.05, 0) is 36.6 Å². The predicted octanol–water partition coefficient (Wildman–Crippen LogP) is 2.09. The molecule has 29 heavy (non-hydrogen) atoms. The second-order valence-electron chi connectivity index (χ2n) is 8.53. The van der Waals surface area contributed by atoms with Crippen molar-refractivity contribution in [1.82, 2.24) is 5.32 Å². The van der Waals surface area contributed by atoms with Crippen molar-refractivity contribution in [2.24, 2.45) is 17.8 Å². The van der Waals surface area contributed by atoms with E-state index in [2.05, 4.69) is 24.5 Å². The van der Waals surface area contributed by atoms with Crippen molar-refractivity contribution in [3.05, 3.63) is 36.4 Å². The average molecular weight is 397 g/mol. The standard InChI is InChI=1S/C22H27N3O4/c1-13(2)9-11-23-20(27)18-17-8-10-22(29-17)12-25(21(28)19(18)22)16-6-4-15(5-7-16)24-14(3)26/h4-8,10,13,17-19H,9,11-12H2,1-3H3,(H,23,27)(H,24,26)/t17-,18-,19-,22-/m0/s1. The first-order valence-corrected chi connectivity index (χ1v) is 10.1. The molecule has 1 aromatic rings. The van der Waals surface area contributed by atoms with Crippen LogP contribution in [0.4, 0.5) is 11.4 Å². The average Bonchev–Trinajstić information content (AvgIpc) is 3.30. The Morgan fingerprint density at radius 3 is 2.66 bits per heavy atom. The van der Waals surface area contributed by atoms with Gasteiger partial charge < -0.3 is 20.3 Å². The van der Waals surface area contributed by atoms with Crippen LogP contribution in [0.3, 0.4) is 0 Å². The van der Waals surface area contributed by atoms with E-state index < -0.39 is 17.4 Å². The smallest absolute Gasteiger partial charge is 0.234 e. The lowest BCUT2D eigenvalue weighted by molar-refractivity contribution is -0.131. The Hall–Kier alpha value is -2.67. The van der Waals surface area contributed by atoms with E-state index in [1.54, 1.807) is 29.2 Å². The molecule has 3 amide bonds. The van der Waals surface area contributed by atoms with E-state index in [-0.39, 0.29) is 23.8 Å². The number of benzene rings is 1.